The lowest BCUT2D eigenvalue weighted by molar-refractivity contribution is 0.298. The van der Waals surface area contributed by atoms with Crippen LogP contribution < -0.4 is 4.74 Å². The minimum absolute atomic E-state index is 0.609. The van der Waals surface area contributed by atoms with Crippen LogP contribution in [0.1, 0.15) is 0 Å². The molecule has 104 valence electrons. The molecule has 4 nitrogen and oxygen atoms in total. The monoisotopic (exact) mass is 278 g/mol. The molecule has 0 unspecified atom stereocenters. The van der Waals surface area contributed by atoms with Crippen LogP contribution in [0.3, 0.4) is 0 Å². The molecular weight excluding hydrogens is 264 g/mol. The van der Waals surface area contributed by atoms with E-state index in [2.05, 4.69) is 11.1 Å². The number of aromatic nitrogens is 2. The fourth-order valence-electron chi connectivity index (χ4n) is 2.48. The minimum atomic E-state index is 0.609. The van der Waals surface area contributed by atoms with Crippen molar-refractivity contribution >= 4 is 21.9 Å². The van der Waals surface area contributed by atoms with Crippen molar-refractivity contribution in [3.8, 4) is 5.75 Å². The van der Waals surface area contributed by atoms with Gasteiger partial charge in [0, 0.05) is 23.2 Å². The number of imidazole rings is 1. The van der Waals surface area contributed by atoms with Crippen molar-refractivity contribution in [3.63, 3.8) is 0 Å². The molecule has 4 heteroatoms. The molecule has 2 aromatic heterocycles. The molecule has 0 saturated carbocycles. The van der Waals surface area contributed by atoms with Crippen LogP contribution in [0.2, 0.25) is 0 Å². The molecule has 2 heterocycles. The van der Waals surface area contributed by atoms with E-state index in [9.17, 15) is 0 Å². The number of furan rings is 1. The van der Waals surface area contributed by atoms with E-state index in [1.165, 1.54) is 0 Å². The summed E-state index contributed by atoms with van der Waals surface area (Å²) in [5.41, 5.74) is 1.79. The Morgan fingerprint density at radius 1 is 1.05 bits per heavy atom. The van der Waals surface area contributed by atoms with E-state index >= 15 is 0 Å². The van der Waals surface area contributed by atoms with Crippen LogP contribution in [0, 0.1) is 0 Å². The molecule has 0 amide bonds. The van der Waals surface area contributed by atoms with E-state index in [4.69, 9.17) is 9.15 Å². The summed E-state index contributed by atoms with van der Waals surface area (Å²) in [6.45, 7) is 1.39. The Morgan fingerprint density at radius 2 is 1.95 bits per heavy atom. The third-order valence-corrected chi connectivity index (χ3v) is 3.53. The maximum absolute atomic E-state index is 5.82. The minimum Gasteiger partial charge on any atom is -0.492 e. The Kier molecular flexibility index (Phi) is 2.85. The second-order valence-electron chi connectivity index (χ2n) is 4.91. The molecule has 0 atom stereocenters. The van der Waals surface area contributed by atoms with Crippen LogP contribution >= 0.6 is 0 Å². The maximum Gasteiger partial charge on any atom is 0.135 e. The van der Waals surface area contributed by atoms with E-state index in [-0.39, 0.29) is 0 Å². The van der Waals surface area contributed by atoms with Gasteiger partial charge in [0.1, 0.15) is 23.5 Å². The van der Waals surface area contributed by atoms with Crippen LogP contribution in [0.15, 0.2) is 65.6 Å². The number of benzene rings is 2. The Bertz CT molecular complexity index is 878. The smallest absolute Gasteiger partial charge is 0.135 e. The summed E-state index contributed by atoms with van der Waals surface area (Å²) in [6, 6.07) is 14.0. The summed E-state index contributed by atoms with van der Waals surface area (Å²) < 4.78 is 13.6. The molecule has 0 bridgehead atoms. The van der Waals surface area contributed by atoms with Gasteiger partial charge in [0.2, 0.25) is 0 Å². The van der Waals surface area contributed by atoms with Crippen LogP contribution in [-0.2, 0) is 6.54 Å². The number of ether oxygens (including phenoxy) is 1. The molecule has 0 aliphatic rings. The Morgan fingerprint density at radius 3 is 2.86 bits per heavy atom. The second-order valence-corrected chi connectivity index (χ2v) is 4.91. The lowest BCUT2D eigenvalue weighted by Crippen LogP contribution is -2.06. The predicted molar refractivity (Wildman–Crippen MR) is 81.4 cm³/mol. The first-order chi connectivity index (χ1) is 10.4. The van der Waals surface area contributed by atoms with Crippen molar-refractivity contribution in [2.75, 3.05) is 6.61 Å². The summed E-state index contributed by atoms with van der Waals surface area (Å²) in [7, 11) is 0. The molecule has 0 aliphatic heterocycles. The van der Waals surface area contributed by atoms with Gasteiger partial charge >= 0.3 is 0 Å². The van der Waals surface area contributed by atoms with E-state index < -0.39 is 0 Å². The molecule has 0 radical (unpaired) electrons. The van der Waals surface area contributed by atoms with Crippen molar-refractivity contribution in [1.29, 1.82) is 0 Å². The number of hydrogen-bond donors (Lipinski definition) is 0. The van der Waals surface area contributed by atoms with E-state index in [1.54, 1.807) is 12.5 Å². The maximum atomic E-state index is 5.82. The van der Waals surface area contributed by atoms with E-state index in [1.807, 2.05) is 47.2 Å². The van der Waals surface area contributed by atoms with Gasteiger partial charge in [-0.2, -0.15) is 0 Å². The summed E-state index contributed by atoms with van der Waals surface area (Å²) in [5, 5.41) is 2.21. The molecule has 4 aromatic rings. The lowest BCUT2D eigenvalue weighted by atomic mass is 10.1. The average Bonchev–Trinajstić information content (AvgIpc) is 3.14. The van der Waals surface area contributed by atoms with Gasteiger partial charge in [-0.3, -0.25) is 0 Å². The first-order valence-electron chi connectivity index (χ1n) is 6.90. The normalized spacial score (nSPS) is 11.2. The SMILES string of the molecule is c1ccc2c(c1)oc1ccc(OCCn3ccnc3)cc12. The Labute approximate surface area is 121 Å². The van der Waals surface area contributed by atoms with Gasteiger partial charge in [-0.05, 0) is 24.3 Å². The van der Waals surface area contributed by atoms with Crippen LogP contribution in [0.5, 0.6) is 5.75 Å². The standard InChI is InChI=1S/C17H14N2O2/c1-2-4-16-14(3-1)15-11-13(5-6-17(15)21-16)20-10-9-19-8-7-18-12-19/h1-8,11-12H,9-10H2. The second kappa shape index (κ2) is 4.98. The highest BCUT2D eigenvalue weighted by atomic mass is 16.5. The van der Waals surface area contributed by atoms with Gasteiger partial charge < -0.3 is 13.7 Å². The van der Waals surface area contributed by atoms with Gasteiger partial charge in [-0.1, -0.05) is 18.2 Å². The Balaban J connectivity index is 1.59. The predicted octanol–water partition coefficient (Wildman–Crippen LogP) is 3.86. The lowest BCUT2D eigenvalue weighted by Gasteiger charge is -2.06. The number of hydrogen-bond acceptors (Lipinski definition) is 3. The molecule has 0 spiro atoms. The largest absolute Gasteiger partial charge is 0.492 e. The van der Waals surface area contributed by atoms with Crippen LogP contribution in [0.25, 0.3) is 21.9 Å². The summed E-state index contributed by atoms with van der Waals surface area (Å²) in [5.74, 6) is 0.856. The molecule has 0 saturated heterocycles. The zero-order valence-corrected chi connectivity index (χ0v) is 11.4. The van der Waals surface area contributed by atoms with Crippen LogP contribution in [0.4, 0.5) is 0 Å². The average molecular weight is 278 g/mol. The Hall–Kier alpha value is -2.75. The topological polar surface area (TPSA) is 40.2 Å². The van der Waals surface area contributed by atoms with Gasteiger partial charge in [0.25, 0.3) is 0 Å². The molecule has 2 aromatic carbocycles. The molecule has 21 heavy (non-hydrogen) atoms. The van der Waals surface area contributed by atoms with Crippen molar-refractivity contribution in [2.24, 2.45) is 0 Å². The van der Waals surface area contributed by atoms with Crippen molar-refractivity contribution < 1.29 is 9.15 Å². The first kappa shape index (κ1) is 12.0. The number of fused-ring (bicyclic) bond motifs is 3. The quantitative estimate of drug-likeness (QED) is 0.569. The molecule has 4 rings (SSSR count). The first-order valence-corrected chi connectivity index (χ1v) is 6.90. The van der Waals surface area contributed by atoms with Crippen molar-refractivity contribution in [3.05, 3.63) is 61.2 Å². The van der Waals surface area contributed by atoms with Gasteiger partial charge in [0.15, 0.2) is 0 Å². The van der Waals surface area contributed by atoms with Gasteiger partial charge in [0.05, 0.1) is 12.9 Å². The summed E-state index contributed by atoms with van der Waals surface area (Å²) in [6.07, 6.45) is 5.48. The highest BCUT2D eigenvalue weighted by Gasteiger charge is 2.07. The number of para-hydroxylation sites is 1. The molecule has 0 fully saturated rings. The summed E-state index contributed by atoms with van der Waals surface area (Å²) >= 11 is 0. The van der Waals surface area contributed by atoms with Crippen LogP contribution in [-0.4, -0.2) is 16.2 Å². The van der Waals surface area contributed by atoms with E-state index in [0.717, 1.165) is 34.2 Å². The molecular formula is C17H14N2O2. The van der Waals surface area contributed by atoms with E-state index in [0.29, 0.717) is 6.61 Å². The molecule has 0 N–H and O–H groups in total. The zero-order chi connectivity index (χ0) is 14.1. The fraction of sp³-hybridized carbons (Fsp3) is 0.118. The fourth-order valence-corrected chi connectivity index (χ4v) is 2.48. The molecule has 0 aliphatic carbocycles. The number of rotatable bonds is 4. The number of nitrogens with zero attached hydrogens (tertiary/aromatic N) is 2. The highest BCUT2D eigenvalue weighted by molar-refractivity contribution is 6.05. The van der Waals surface area contributed by atoms with Gasteiger partial charge in [-0.25, -0.2) is 4.98 Å². The third-order valence-electron chi connectivity index (χ3n) is 3.53. The summed E-state index contributed by atoms with van der Waals surface area (Å²) in [4.78, 5) is 4.01. The third kappa shape index (κ3) is 2.25. The van der Waals surface area contributed by atoms with Crippen molar-refractivity contribution in [1.82, 2.24) is 9.55 Å². The van der Waals surface area contributed by atoms with Crippen molar-refractivity contribution in [2.45, 2.75) is 6.54 Å². The zero-order valence-electron chi connectivity index (χ0n) is 11.4. The van der Waals surface area contributed by atoms with Gasteiger partial charge in [-0.15, -0.1) is 0 Å². The highest BCUT2D eigenvalue weighted by Crippen LogP contribution is 2.31.